The minimum absolute atomic E-state index is 0.00343. The SMILES string of the molecule is OC(c1cccnc1OC1=CCC2C(=C1Br)N=NN2CC1CC1)C(F)(F)F. The number of alkyl halides is 3. The van der Waals surface area contributed by atoms with Gasteiger partial charge in [-0.25, -0.2) is 4.98 Å². The van der Waals surface area contributed by atoms with Crippen molar-refractivity contribution in [2.75, 3.05) is 6.54 Å². The lowest BCUT2D eigenvalue weighted by molar-refractivity contribution is -0.207. The van der Waals surface area contributed by atoms with Crippen molar-refractivity contribution in [2.45, 2.75) is 37.6 Å². The Morgan fingerprint density at radius 3 is 2.85 bits per heavy atom. The largest absolute Gasteiger partial charge is 0.438 e. The Kier molecular flexibility index (Phi) is 4.71. The highest BCUT2D eigenvalue weighted by Crippen LogP contribution is 2.42. The fourth-order valence-electron chi connectivity index (χ4n) is 3.03. The van der Waals surface area contributed by atoms with Crippen molar-refractivity contribution in [3.8, 4) is 5.88 Å². The van der Waals surface area contributed by atoms with E-state index in [1.54, 1.807) is 6.08 Å². The van der Waals surface area contributed by atoms with Crippen molar-refractivity contribution < 1.29 is 23.0 Å². The molecule has 1 N–H and O–H groups in total. The second-order valence-corrected chi connectivity index (χ2v) is 7.51. The fourth-order valence-corrected chi connectivity index (χ4v) is 3.61. The normalized spacial score (nSPS) is 23.4. The number of hydrogen-bond donors (Lipinski definition) is 1. The second-order valence-electron chi connectivity index (χ2n) is 6.72. The monoisotopic (exact) mass is 444 g/mol. The molecule has 6 nitrogen and oxygen atoms in total. The molecule has 0 radical (unpaired) electrons. The number of halogens is 4. The quantitative estimate of drug-likeness (QED) is 0.729. The highest BCUT2D eigenvalue weighted by atomic mass is 79.9. The highest BCUT2D eigenvalue weighted by Gasteiger charge is 2.42. The Morgan fingerprint density at radius 2 is 2.15 bits per heavy atom. The van der Waals surface area contributed by atoms with Crippen LogP contribution >= 0.6 is 15.9 Å². The maximum atomic E-state index is 12.9. The van der Waals surface area contributed by atoms with Crippen LogP contribution < -0.4 is 4.74 Å². The molecule has 1 aromatic heterocycles. The summed E-state index contributed by atoms with van der Waals surface area (Å²) in [5.74, 6) is 0.667. The molecule has 1 saturated carbocycles. The Hall–Kier alpha value is -1.94. The molecule has 3 aliphatic rings. The zero-order valence-corrected chi connectivity index (χ0v) is 15.6. The average molecular weight is 445 g/mol. The number of pyridine rings is 1. The first kappa shape index (κ1) is 18.4. The standard InChI is InChI=1S/C17H16BrF3N4O2/c18-13-12(6-5-11-14(13)23-24-25(11)8-9-3-4-9)27-16-10(2-1-7-22-16)15(26)17(19,20)21/h1-2,6-7,9,11,15,26H,3-5,8H2. The highest BCUT2D eigenvalue weighted by molar-refractivity contribution is 9.12. The van der Waals surface area contributed by atoms with Gasteiger partial charge in [0.05, 0.1) is 16.1 Å². The lowest BCUT2D eigenvalue weighted by Crippen LogP contribution is -2.31. The molecule has 0 bridgehead atoms. The van der Waals surface area contributed by atoms with Gasteiger partial charge >= 0.3 is 6.18 Å². The van der Waals surface area contributed by atoms with E-state index >= 15 is 0 Å². The molecule has 2 aliphatic carbocycles. The summed E-state index contributed by atoms with van der Waals surface area (Å²) < 4.78 is 44.8. The van der Waals surface area contributed by atoms with Crippen LogP contribution in [0, 0.1) is 5.92 Å². The van der Waals surface area contributed by atoms with E-state index in [9.17, 15) is 18.3 Å². The average Bonchev–Trinajstić information content (AvgIpc) is 3.35. The summed E-state index contributed by atoms with van der Waals surface area (Å²) >= 11 is 3.42. The van der Waals surface area contributed by atoms with Crippen molar-refractivity contribution in [1.82, 2.24) is 9.99 Å². The first-order valence-corrected chi connectivity index (χ1v) is 9.30. The molecule has 4 rings (SSSR count). The summed E-state index contributed by atoms with van der Waals surface area (Å²) in [6.07, 6.45) is -1.44. The molecular weight excluding hydrogens is 429 g/mol. The van der Waals surface area contributed by atoms with Gasteiger partial charge in [0, 0.05) is 12.7 Å². The van der Waals surface area contributed by atoms with E-state index < -0.39 is 17.8 Å². The van der Waals surface area contributed by atoms with Crippen LogP contribution in [0.2, 0.25) is 0 Å². The van der Waals surface area contributed by atoms with Crippen molar-refractivity contribution in [3.63, 3.8) is 0 Å². The number of fused-ring (bicyclic) bond motifs is 1. The van der Waals surface area contributed by atoms with E-state index in [2.05, 4.69) is 31.3 Å². The summed E-state index contributed by atoms with van der Waals surface area (Å²) in [4.78, 5) is 3.86. The third-order valence-electron chi connectivity index (χ3n) is 4.66. The van der Waals surface area contributed by atoms with E-state index in [1.807, 2.05) is 5.01 Å². The van der Waals surface area contributed by atoms with E-state index in [4.69, 9.17) is 4.74 Å². The van der Waals surface area contributed by atoms with Gasteiger partial charge < -0.3 is 9.84 Å². The van der Waals surface area contributed by atoms with Crippen LogP contribution in [0.1, 0.15) is 30.9 Å². The van der Waals surface area contributed by atoms with Crippen LogP contribution in [0.25, 0.3) is 0 Å². The zero-order valence-electron chi connectivity index (χ0n) is 14.0. The number of ether oxygens (including phenoxy) is 1. The molecule has 2 heterocycles. The predicted octanol–water partition coefficient (Wildman–Crippen LogP) is 4.41. The van der Waals surface area contributed by atoms with Crippen LogP contribution in [-0.2, 0) is 0 Å². The van der Waals surface area contributed by atoms with Crippen LogP contribution in [0.15, 0.2) is 50.7 Å². The summed E-state index contributed by atoms with van der Waals surface area (Å²) in [6.45, 7) is 0.851. The number of aliphatic hydroxyl groups is 1. The maximum absolute atomic E-state index is 12.9. The number of nitrogens with zero attached hydrogens (tertiary/aromatic N) is 4. The minimum atomic E-state index is -4.81. The molecular formula is C17H16BrF3N4O2. The second kappa shape index (κ2) is 6.90. The number of aliphatic hydroxyl groups excluding tert-OH is 1. The summed E-state index contributed by atoms with van der Waals surface area (Å²) in [6, 6.07) is 2.45. The van der Waals surface area contributed by atoms with Gasteiger partial charge in [-0.2, -0.15) is 13.2 Å². The first-order valence-electron chi connectivity index (χ1n) is 8.50. The summed E-state index contributed by atoms with van der Waals surface area (Å²) in [5.41, 5.74) is 0.240. The molecule has 0 spiro atoms. The molecule has 1 aliphatic heterocycles. The van der Waals surface area contributed by atoms with Gasteiger partial charge in [-0.3, -0.25) is 5.01 Å². The zero-order chi connectivity index (χ0) is 19.2. The summed E-state index contributed by atoms with van der Waals surface area (Å²) in [7, 11) is 0. The number of hydrogen-bond acceptors (Lipinski definition) is 6. The van der Waals surface area contributed by atoms with Gasteiger partial charge in [0.2, 0.25) is 5.88 Å². The van der Waals surface area contributed by atoms with Crippen molar-refractivity contribution >= 4 is 15.9 Å². The molecule has 27 heavy (non-hydrogen) atoms. The van der Waals surface area contributed by atoms with Gasteiger partial charge in [0.15, 0.2) is 6.10 Å². The van der Waals surface area contributed by atoms with Gasteiger partial charge in [0.1, 0.15) is 11.5 Å². The Labute approximate surface area is 161 Å². The molecule has 1 aromatic rings. The smallest absolute Gasteiger partial charge is 0.418 e. The Morgan fingerprint density at radius 1 is 1.37 bits per heavy atom. The van der Waals surface area contributed by atoms with E-state index in [1.165, 1.54) is 25.1 Å². The van der Waals surface area contributed by atoms with Gasteiger partial charge in [-0.1, -0.05) is 5.22 Å². The molecule has 0 saturated heterocycles. The first-order chi connectivity index (χ1) is 12.8. The van der Waals surface area contributed by atoms with Gasteiger partial charge in [-0.15, -0.1) is 5.11 Å². The lowest BCUT2D eigenvalue weighted by Gasteiger charge is -2.25. The molecule has 2 unspecified atom stereocenters. The van der Waals surface area contributed by atoms with Crippen molar-refractivity contribution in [1.29, 1.82) is 0 Å². The third-order valence-corrected chi connectivity index (χ3v) is 5.46. The van der Waals surface area contributed by atoms with Gasteiger partial charge in [-0.05, 0) is 59.3 Å². The van der Waals surface area contributed by atoms with Crippen LogP contribution in [0.5, 0.6) is 5.88 Å². The molecule has 0 amide bonds. The van der Waals surface area contributed by atoms with Gasteiger partial charge in [0.25, 0.3) is 0 Å². The van der Waals surface area contributed by atoms with Crippen LogP contribution in [-0.4, -0.2) is 33.9 Å². The molecule has 144 valence electrons. The van der Waals surface area contributed by atoms with Crippen molar-refractivity contribution in [3.05, 3.63) is 45.9 Å². The Bertz CT molecular complexity index is 836. The van der Waals surface area contributed by atoms with E-state index in [0.717, 1.165) is 12.6 Å². The predicted molar refractivity (Wildman–Crippen MR) is 92.6 cm³/mol. The number of rotatable bonds is 5. The maximum Gasteiger partial charge on any atom is 0.418 e. The Balaban J connectivity index is 1.55. The molecule has 1 fully saturated rings. The molecule has 0 aromatic carbocycles. The minimum Gasteiger partial charge on any atom is -0.438 e. The fraction of sp³-hybridized carbons (Fsp3) is 0.471. The number of allylic oxidation sites excluding steroid dienone is 1. The van der Waals surface area contributed by atoms with Crippen LogP contribution in [0.4, 0.5) is 13.2 Å². The van der Waals surface area contributed by atoms with E-state index in [0.29, 0.717) is 28.3 Å². The van der Waals surface area contributed by atoms with Crippen molar-refractivity contribution in [2.24, 2.45) is 16.3 Å². The number of aromatic nitrogens is 1. The topological polar surface area (TPSA) is 70.3 Å². The molecule has 10 heteroatoms. The lowest BCUT2D eigenvalue weighted by atomic mass is 10.0. The molecule has 2 atom stereocenters. The van der Waals surface area contributed by atoms with E-state index in [-0.39, 0.29) is 11.9 Å². The van der Waals surface area contributed by atoms with Crippen LogP contribution in [0.3, 0.4) is 0 Å². The summed E-state index contributed by atoms with van der Waals surface area (Å²) in [5, 5.41) is 19.9. The third kappa shape index (κ3) is 3.73.